The first-order chi connectivity index (χ1) is 12.9. The molecule has 1 heteroatoms. The van der Waals surface area contributed by atoms with Gasteiger partial charge < -0.3 is 5.32 Å². The van der Waals surface area contributed by atoms with Crippen LogP contribution in [0.5, 0.6) is 0 Å². The van der Waals surface area contributed by atoms with Gasteiger partial charge in [-0.1, -0.05) is 69.4 Å². The van der Waals surface area contributed by atoms with Crippen molar-refractivity contribution in [2.45, 2.75) is 71.6 Å². The summed E-state index contributed by atoms with van der Waals surface area (Å²) in [6, 6.07) is 6.95. The number of nitrogens with one attached hydrogen (secondary N) is 1. The number of hydrogen-bond donors (Lipinski definition) is 1. The van der Waals surface area contributed by atoms with Crippen molar-refractivity contribution in [2.75, 3.05) is 13.6 Å². The molecule has 0 fully saturated rings. The molecule has 0 heterocycles. The lowest BCUT2D eigenvalue weighted by molar-refractivity contribution is 0.432. The van der Waals surface area contributed by atoms with Crippen molar-refractivity contribution in [1.82, 2.24) is 5.32 Å². The van der Waals surface area contributed by atoms with Gasteiger partial charge in [0.25, 0.3) is 0 Å². The smallest absolute Gasteiger partial charge is 0.00517 e. The third-order valence-electron chi connectivity index (χ3n) is 6.23. The zero-order valence-corrected chi connectivity index (χ0v) is 18.2. The van der Waals surface area contributed by atoms with Crippen LogP contribution < -0.4 is 5.32 Å². The van der Waals surface area contributed by atoms with Gasteiger partial charge in [0.15, 0.2) is 0 Å². The number of fused-ring (bicyclic) bond motifs is 1. The van der Waals surface area contributed by atoms with Crippen LogP contribution in [0.2, 0.25) is 0 Å². The molecule has 0 saturated heterocycles. The Morgan fingerprint density at radius 3 is 2.81 bits per heavy atom. The third kappa shape index (κ3) is 5.94. The molecule has 0 bridgehead atoms. The van der Waals surface area contributed by atoms with Gasteiger partial charge in [0, 0.05) is 0 Å². The second-order valence-corrected chi connectivity index (χ2v) is 8.76. The van der Waals surface area contributed by atoms with Crippen molar-refractivity contribution >= 4 is 5.57 Å². The summed E-state index contributed by atoms with van der Waals surface area (Å²) in [5, 5.41) is 3.24. The summed E-state index contributed by atoms with van der Waals surface area (Å²) in [7, 11) is 2.03. The van der Waals surface area contributed by atoms with E-state index in [1.807, 2.05) is 7.05 Å². The lowest BCUT2D eigenvalue weighted by atomic mass is 9.72. The summed E-state index contributed by atoms with van der Waals surface area (Å²) >= 11 is 0. The summed E-state index contributed by atoms with van der Waals surface area (Å²) in [6.45, 7) is 14.7. The van der Waals surface area contributed by atoms with Crippen molar-refractivity contribution in [3.63, 3.8) is 0 Å². The van der Waals surface area contributed by atoms with Crippen LogP contribution in [-0.2, 0) is 11.8 Å². The van der Waals surface area contributed by atoms with E-state index >= 15 is 0 Å². The lowest BCUT2D eigenvalue weighted by Gasteiger charge is -2.33. The highest BCUT2D eigenvalue weighted by atomic mass is 14.8. The fourth-order valence-corrected chi connectivity index (χ4v) is 4.31. The van der Waals surface area contributed by atoms with Crippen LogP contribution in [0.1, 0.15) is 76.5 Å². The van der Waals surface area contributed by atoms with Crippen LogP contribution in [0.15, 0.2) is 48.6 Å². The van der Waals surface area contributed by atoms with Gasteiger partial charge in [-0.2, -0.15) is 0 Å². The summed E-state index contributed by atoms with van der Waals surface area (Å²) < 4.78 is 0. The van der Waals surface area contributed by atoms with Gasteiger partial charge in [0.1, 0.15) is 0 Å². The molecule has 148 valence electrons. The van der Waals surface area contributed by atoms with E-state index in [1.54, 1.807) is 0 Å². The summed E-state index contributed by atoms with van der Waals surface area (Å²) in [5.41, 5.74) is 7.16. The van der Waals surface area contributed by atoms with Crippen LogP contribution in [0, 0.1) is 5.92 Å². The molecule has 1 atom stereocenters. The molecule has 1 nitrogen and oxygen atoms in total. The normalized spacial score (nSPS) is 17.7. The van der Waals surface area contributed by atoms with Crippen molar-refractivity contribution in [3.05, 3.63) is 65.3 Å². The lowest BCUT2D eigenvalue weighted by Crippen LogP contribution is -2.23. The van der Waals surface area contributed by atoms with Gasteiger partial charge in [0.05, 0.1) is 0 Å². The van der Waals surface area contributed by atoms with E-state index in [0.717, 1.165) is 12.1 Å². The summed E-state index contributed by atoms with van der Waals surface area (Å²) in [6.07, 6.45) is 14.1. The molecule has 0 aliphatic heterocycles. The Hall–Kier alpha value is -1.60. The van der Waals surface area contributed by atoms with Crippen LogP contribution in [0.4, 0.5) is 0 Å². The summed E-state index contributed by atoms with van der Waals surface area (Å²) in [4.78, 5) is 0. The molecular formula is C26H39N. The predicted octanol–water partition coefficient (Wildman–Crippen LogP) is 6.84. The highest BCUT2D eigenvalue weighted by Crippen LogP contribution is 2.38. The molecule has 2 rings (SSSR count). The van der Waals surface area contributed by atoms with Crippen LogP contribution >= 0.6 is 0 Å². The van der Waals surface area contributed by atoms with Crippen LogP contribution in [0.25, 0.3) is 5.57 Å². The molecule has 1 aliphatic carbocycles. The highest BCUT2D eigenvalue weighted by Gasteiger charge is 2.27. The molecule has 0 amide bonds. The maximum atomic E-state index is 4.32. The monoisotopic (exact) mass is 365 g/mol. The Kier molecular flexibility index (Phi) is 8.10. The maximum Gasteiger partial charge on any atom is -0.00517 e. The minimum Gasteiger partial charge on any atom is -0.320 e. The number of aryl methyl sites for hydroxylation is 1. The molecule has 0 saturated carbocycles. The van der Waals surface area contributed by atoms with Gasteiger partial charge in [-0.25, -0.2) is 0 Å². The molecule has 27 heavy (non-hydrogen) atoms. The molecule has 0 spiro atoms. The van der Waals surface area contributed by atoms with E-state index in [-0.39, 0.29) is 5.41 Å². The minimum absolute atomic E-state index is 0.284. The van der Waals surface area contributed by atoms with Crippen molar-refractivity contribution in [1.29, 1.82) is 0 Å². The first-order valence-corrected chi connectivity index (χ1v) is 10.7. The van der Waals surface area contributed by atoms with Crippen LogP contribution in [0.3, 0.4) is 0 Å². The number of benzene rings is 1. The fourth-order valence-electron chi connectivity index (χ4n) is 4.31. The van der Waals surface area contributed by atoms with E-state index in [1.165, 1.54) is 60.8 Å². The number of rotatable bonds is 9. The second-order valence-electron chi connectivity index (χ2n) is 8.76. The Balaban J connectivity index is 2.06. The SMILES string of the molecule is C=C(/C=C\C=C(/C)C(CC)CCCNC)c1ccc2c(c1)C(C)(C)CCC2. The van der Waals surface area contributed by atoms with Crippen molar-refractivity contribution in [2.24, 2.45) is 5.92 Å². The van der Waals surface area contributed by atoms with Gasteiger partial charge in [0.2, 0.25) is 0 Å². The molecular weight excluding hydrogens is 326 g/mol. The first kappa shape index (κ1) is 21.7. The molecule has 1 unspecified atom stereocenters. The zero-order chi connectivity index (χ0) is 19.9. The number of allylic oxidation sites excluding steroid dienone is 5. The quantitative estimate of drug-likeness (QED) is 0.373. The average Bonchev–Trinajstić information content (AvgIpc) is 2.64. The average molecular weight is 366 g/mol. The van der Waals surface area contributed by atoms with Gasteiger partial charge in [-0.3, -0.25) is 0 Å². The third-order valence-corrected chi connectivity index (χ3v) is 6.23. The molecule has 1 aromatic carbocycles. The Bertz CT molecular complexity index is 690. The van der Waals surface area contributed by atoms with E-state index in [4.69, 9.17) is 0 Å². The van der Waals surface area contributed by atoms with Gasteiger partial charge in [-0.15, -0.1) is 0 Å². The van der Waals surface area contributed by atoms with Crippen molar-refractivity contribution in [3.8, 4) is 0 Å². The summed E-state index contributed by atoms with van der Waals surface area (Å²) in [5.74, 6) is 0.681. The standard InChI is InChI=1S/C26H39N/c1-7-22(14-10-18-27-6)20(2)11-8-12-21(3)24-16-15-23-13-9-17-26(4,5)25(23)19-24/h8,11-12,15-16,19,22,27H,3,7,9-10,13-14,17-18H2,1-2,4-6H3/b12-8-,20-11+. The highest BCUT2D eigenvalue weighted by molar-refractivity contribution is 5.73. The minimum atomic E-state index is 0.284. The predicted molar refractivity (Wildman–Crippen MR) is 121 cm³/mol. The molecule has 1 N–H and O–H groups in total. The Morgan fingerprint density at radius 2 is 2.11 bits per heavy atom. The van der Waals surface area contributed by atoms with E-state index in [2.05, 4.69) is 76.0 Å². The number of hydrogen-bond acceptors (Lipinski definition) is 1. The fraction of sp³-hybridized carbons (Fsp3) is 0.538. The molecule has 0 radical (unpaired) electrons. The van der Waals surface area contributed by atoms with Crippen molar-refractivity contribution < 1.29 is 0 Å². The van der Waals surface area contributed by atoms with E-state index < -0.39 is 0 Å². The second kappa shape index (κ2) is 10.1. The first-order valence-electron chi connectivity index (χ1n) is 10.7. The topological polar surface area (TPSA) is 12.0 Å². The molecule has 1 aromatic rings. The van der Waals surface area contributed by atoms with E-state index in [9.17, 15) is 0 Å². The zero-order valence-electron chi connectivity index (χ0n) is 18.2. The van der Waals surface area contributed by atoms with E-state index in [0.29, 0.717) is 5.92 Å². The maximum absolute atomic E-state index is 4.32. The Morgan fingerprint density at radius 1 is 1.33 bits per heavy atom. The molecule has 0 aromatic heterocycles. The van der Waals surface area contributed by atoms with Crippen LogP contribution in [-0.4, -0.2) is 13.6 Å². The van der Waals surface area contributed by atoms with Gasteiger partial charge >= 0.3 is 0 Å². The van der Waals surface area contributed by atoms with Gasteiger partial charge in [-0.05, 0) is 92.6 Å². The largest absolute Gasteiger partial charge is 0.320 e. The molecule has 1 aliphatic rings. The Labute approximate surface area is 167 Å².